The van der Waals surface area contributed by atoms with Gasteiger partial charge in [-0.1, -0.05) is 0 Å². The first-order valence-corrected chi connectivity index (χ1v) is 7.83. The molecule has 0 aromatic heterocycles. The lowest BCUT2D eigenvalue weighted by Crippen LogP contribution is -2.53. The van der Waals surface area contributed by atoms with Gasteiger partial charge in [-0.25, -0.2) is 4.79 Å². The van der Waals surface area contributed by atoms with Crippen molar-refractivity contribution < 1.29 is 14.3 Å². The zero-order chi connectivity index (χ0) is 15.1. The molecule has 0 bridgehead atoms. The van der Waals surface area contributed by atoms with E-state index in [9.17, 15) is 9.59 Å². The Morgan fingerprint density at radius 3 is 2.38 bits per heavy atom. The van der Waals surface area contributed by atoms with Crippen molar-refractivity contribution >= 4 is 11.9 Å². The van der Waals surface area contributed by atoms with Crippen LogP contribution in [0.3, 0.4) is 0 Å². The van der Waals surface area contributed by atoms with Crippen LogP contribution in [0.5, 0.6) is 0 Å². The minimum absolute atomic E-state index is 0.0316. The summed E-state index contributed by atoms with van der Waals surface area (Å²) in [6.45, 7) is 6.96. The van der Waals surface area contributed by atoms with Gasteiger partial charge in [0.05, 0.1) is 6.10 Å². The number of carbonyl (C=O) groups is 2. The Labute approximate surface area is 126 Å². The quantitative estimate of drug-likeness (QED) is 0.742. The fraction of sp³-hybridized carbons (Fsp3) is 0.857. The van der Waals surface area contributed by atoms with Gasteiger partial charge in [-0.3, -0.25) is 4.79 Å². The van der Waals surface area contributed by atoms with Gasteiger partial charge in [0.25, 0.3) is 0 Å². The Hall–Kier alpha value is -1.34. The van der Waals surface area contributed by atoms with Crippen LogP contribution in [-0.2, 0) is 9.53 Å². The molecule has 7 heteroatoms. The van der Waals surface area contributed by atoms with E-state index in [0.29, 0.717) is 32.7 Å². The number of nitrogens with zero attached hydrogens (tertiary/aromatic N) is 2. The summed E-state index contributed by atoms with van der Waals surface area (Å²) < 4.78 is 5.69. The fourth-order valence-corrected chi connectivity index (χ4v) is 2.66. The number of hydrogen-bond acceptors (Lipinski definition) is 4. The second-order valence-corrected chi connectivity index (χ2v) is 5.46. The summed E-state index contributed by atoms with van der Waals surface area (Å²) in [4.78, 5) is 27.3. The van der Waals surface area contributed by atoms with Crippen LogP contribution in [0, 0.1) is 0 Å². The van der Waals surface area contributed by atoms with E-state index in [-0.39, 0.29) is 24.6 Å². The maximum atomic E-state index is 12.1. The summed E-state index contributed by atoms with van der Waals surface area (Å²) in [5, 5.41) is 6.05. The monoisotopic (exact) mass is 298 g/mol. The van der Waals surface area contributed by atoms with E-state index in [2.05, 4.69) is 10.6 Å². The van der Waals surface area contributed by atoms with Gasteiger partial charge in [-0.2, -0.15) is 0 Å². The number of urea groups is 1. The molecule has 0 aromatic carbocycles. The molecule has 0 aliphatic carbocycles. The molecule has 2 aliphatic heterocycles. The summed E-state index contributed by atoms with van der Waals surface area (Å²) in [6, 6.07) is -0.0458. The molecule has 2 N–H and O–H groups in total. The van der Waals surface area contributed by atoms with E-state index < -0.39 is 0 Å². The maximum Gasteiger partial charge on any atom is 0.317 e. The van der Waals surface area contributed by atoms with Crippen LogP contribution >= 0.6 is 0 Å². The minimum Gasteiger partial charge on any atom is -0.368 e. The van der Waals surface area contributed by atoms with Gasteiger partial charge >= 0.3 is 6.03 Å². The van der Waals surface area contributed by atoms with E-state index in [1.807, 2.05) is 6.92 Å². The molecule has 2 aliphatic rings. The Morgan fingerprint density at radius 1 is 1.14 bits per heavy atom. The van der Waals surface area contributed by atoms with Crippen molar-refractivity contribution in [2.24, 2.45) is 0 Å². The van der Waals surface area contributed by atoms with E-state index >= 15 is 0 Å². The molecule has 2 rings (SSSR count). The highest BCUT2D eigenvalue weighted by molar-refractivity contribution is 5.78. The maximum absolute atomic E-state index is 12.1. The van der Waals surface area contributed by atoms with Crippen LogP contribution in [-0.4, -0.2) is 80.3 Å². The predicted molar refractivity (Wildman–Crippen MR) is 79.1 cm³/mol. The van der Waals surface area contributed by atoms with Gasteiger partial charge in [0.15, 0.2) is 0 Å². The first-order chi connectivity index (χ1) is 10.2. The van der Waals surface area contributed by atoms with Gasteiger partial charge in [-0.05, 0) is 32.9 Å². The average Bonchev–Trinajstić information content (AvgIpc) is 2.54. The molecule has 3 amide bonds. The van der Waals surface area contributed by atoms with Crippen molar-refractivity contribution in [2.45, 2.75) is 25.9 Å². The fourth-order valence-electron chi connectivity index (χ4n) is 2.66. The second-order valence-electron chi connectivity index (χ2n) is 5.46. The lowest BCUT2D eigenvalue weighted by atomic mass is 10.1. The molecule has 0 radical (unpaired) electrons. The van der Waals surface area contributed by atoms with Crippen LogP contribution < -0.4 is 10.6 Å². The highest BCUT2D eigenvalue weighted by Gasteiger charge is 2.24. The molecule has 2 heterocycles. The van der Waals surface area contributed by atoms with Crippen LogP contribution in [0.15, 0.2) is 0 Å². The van der Waals surface area contributed by atoms with Gasteiger partial charge in [0.2, 0.25) is 5.91 Å². The molecule has 2 saturated heterocycles. The van der Waals surface area contributed by atoms with Gasteiger partial charge < -0.3 is 25.2 Å². The van der Waals surface area contributed by atoms with E-state index in [1.165, 1.54) is 0 Å². The summed E-state index contributed by atoms with van der Waals surface area (Å²) in [7, 11) is 0. The van der Waals surface area contributed by atoms with Crippen molar-refractivity contribution in [1.82, 2.24) is 20.4 Å². The van der Waals surface area contributed by atoms with Crippen molar-refractivity contribution in [3.05, 3.63) is 0 Å². The van der Waals surface area contributed by atoms with Crippen LogP contribution in [0.25, 0.3) is 0 Å². The van der Waals surface area contributed by atoms with Crippen molar-refractivity contribution in [3.63, 3.8) is 0 Å². The number of piperidine rings is 1. The average molecular weight is 298 g/mol. The van der Waals surface area contributed by atoms with Crippen LogP contribution in [0.4, 0.5) is 4.79 Å². The summed E-state index contributed by atoms with van der Waals surface area (Å²) in [5.41, 5.74) is 0. The highest BCUT2D eigenvalue weighted by Crippen LogP contribution is 2.08. The summed E-state index contributed by atoms with van der Waals surface area (Å²) >= 11 is 0. The summed E-state index contributed by atoms with van der Waals surface area (Å²) in [5.74, 6) is 0.0316. The Kier molecular flexibility index (Phi) is 6.25. The normalized spacial score (nSPS) is 20.4. The topological polar surface area (TPSA) is 73.9 Å². The lowest BCUT2D eigenvalue weighted by Gasteiger charge is -2.35. The Bertz CT molecular complexity index is 350. The first kappa shape index (κ1) is 16.0. The molecule has 120 valence electrons. The molecular formula is C14H26N4O3. The zero-order valence-electron chi connectivity index (χ0n) is 12.8. The van der Waals surface area contributed by atoms with Crippen molar-refractivity contribution in [2.75, 3.05) is 52.4 Å². The van der Waals surface area contributed by atoms with Gasteiger partial charge in [0, 0.05) is 32.7 Å². The number of rotatable bonds is 4. The third-order valence-corrected chi connectivity index (χ3v) is 3.98. The SMILES string of the molecule is CCNC(=O)N1CCN(C(=O)COC2CCNCC2)CC1. The standard InChI is InChI=1S/C14H26N4O3/c1-2-16-14(20)18-9-7-17(8-10-18)13(19)11-21-12-3-5-15-6-4-12/h12,15H,2-11H2,1H3,(H,16,20). The smallest absolute Gasteiger partial charge is 0.317 e. The van der Waals surface area contributed by atoms with Gasteiger partial charge in [-0.15, -0.1) is 0 Å². The van der Waals surface area contributed by atoms with Crippen LogP contribution in [0.2, 0.25) is 0 Å². The predicted octanol–water partition coefficient (Wildman–Crippen LogP) is -0.371. The zero-order valence-corrected chi connectivity index (χ0v) is 12.8. The largest absolute Gasteiger partial charge is 0.368 e. The number of carbonyl (C=O) groups excluding carboxylic acids is 2. The molecule has 0 atom stereocenters. The number of hydrogen-bond donors (Lipinski definition) is 2. The lowest BCUT2D eigenvalue weighted by molar-refractivity contribution is -0.140. The molecule has 0 unspecified atom stereocenters. The van der Waals surface area contributed by atoms with Gasteiger partial charge in [0.1, 0.15) is 6.61 Å². The number of nitrogens with one attached hydrogen (secondary N) is 2. The summed E-state index contributed by atoms with van der Waals surface area (Å²) in [6.07, 6.45) is 2.14. The second kappa shape index (κ2) is 8.19. The van der Waals surface area contributed by atoms with E-state index in [4.69, 9.17) is 4.74 Å². The van der Waals surface area contributed by atoms with Crippen molar-refractivity contribution in [3.8, 4) is 0 Å². The molecular weight excluding hydrogens is 272 g/mol. The molecule has 21 heavy (non-hydrogen) atoms. The number of piperazine rings is 1. The molecule has 0 saturated carbocycles. The third-order valence-electron chi connectivity index (χ3n) is 3.98. The molecule has 0 spiro atoms. The Morgan fingerprint density at radius 2 is 1.76 bits per heavy atom. The Balaban J connectivity index is 1.66. The molecule has 7 nitrogen and oxygen atoms in total. The number of amides is 3. The molecule has 0 aromatic rings. The minimum atomic E-state index is -0.0458. The highest BCUT2D eigenvalue weighted by atomic mass is 16.5. The third kappa shape index (κ3) is 4.86. The molecule has 2 fully saturated rings. The van der Waals surface area contributed by atoms with Crippen molar-refractivity contribution in [1.29, 1.82) is 0 Å². The van der Waals surface area contributed by atoms with E-state index in [1.54, 1.807) is 9.80 Å². The van der Waals surface area contributed by atoms with Crippen LogP contribution in [0.1, 0.15) is 19.8 Å². The number of ether oxygens (including phenoxy) is 1. The van der Waals surface area contributed by atoms with E-state index in [0.717, 1.165) is 25.9 Å². The first-order valence-electron chi connectivity index (χ1n) is 7.83.